The zero-order chi connectivity index (χ0) is 14.3. The lowest BCUT2D eigenvalue weighted by molar-refractivity contribution is -0.136. The van der Waals surface area contributed by atoms with Crippen LogP contribution >= 0.6 is 0 Å². The number of hydrogen-bond acceptors (Lipinski definition) is 4. The van der Waals surface area contributed by atoms with Crippen molar-refractivity contribution in [2.75, 3.05) is 13.6 Å². The van der Waals surface area contributed by atoms with Crippen LogP contribution in [0.2, 0.25) is 0 Å². The molecule has 4 N–H and O–H groups in total. The van der Waals surface area contributed by atoms with Crippen molar-refractivity contribution in [2.45, 2.75) is 31.5 Å². The van der Waals surface area contributed by atoms with Gasteiger partial charge in [0.25, 0.3) is 0 Å². The third-order valence-electron chi connectivity index (χ3n) is 3.00. The van der Waals surface area contributed by atoms with Crippen molar-refractivity contribution in [2.24, 2.45) is 0 Å². The Morgan fingerprint density at radius 2 is 1.89 bits per heavy atom. The van der Waals surface area contributed by atoms with Gasteiger partial charge in [-0.05, 0) is 37.6 Å². The molecule has 1 aromatic rings. The molecule has 106 valence electrons. The number of carboxylic acid groups (broad SMARTS) is 1. The lowest BCUT2D eigenvalue weighted by Crippen LogP contribution is -2.23. The maximum absolute atomic E-state index is 10.5. The van der Waals surface area contributed by atoms with E-state index in [-0.39, 0.29) is 6.42 Å². The van der Waals surface area contributed by atoms with E-state index in [9.17, 15) is 15.0 Å². The van der Waals surface area contributed by atoms with Gasteiger partial charge in [0.15, 0.2) is 0 Å². The molecule has 0 heterocycles. The predicted octanol–water partition coefficient (Wildman–Crippen LogP) is 0.708. The molecule has 0 saturated carbocycles. The number of aliphatic carboxylic acids is 1. The van der Waals surface area contributed by atoms with Crippen molar-refractivity contribution in [3.8, 4) is 0 Å². The van der Waals surface area contributed by atoms with Crippen LogP contribution in [0.3, 0.4) is 0 Å². The molecule has 0 aromatic heterocycles. The molecule has 0 aliphatic heterocycles. The first-order valence-electron chi connectivity index (χ1n) is 6.36. The van der Waals surface area contributed by atoms with E-state index in [4.69, 9.17) is 5.11 Å². The molecular weight excluding hydrogens is 246 g/mol. The number of nitrogens with one attached hydrogen (secondary N) is 1. The van der Waals surface area contributed by atoms with Gasteiger partial charge in [0.05, 0.1) is 6.10 Å². The molecule has 1 rings (SSSR count). The van der Waals surface area contributed by atoms with E-state index in [0.29, 0.717) is 24.9 Å². The number of hydrogen-bond donors (Lipinski definition) is 4. The van der Waals surface area contributed by atoms with Gasteiger partial charge in [0.1, 0.15) is 6.10 Å². The van der Waals surface area contributed by atoms with Crippen LogP contribution in [0.4, 0.5) is 0 Å². The zero-order valence-corrected chi connectivity index (χ0v) is 11.0. The second kappa shape index (κ2) is 7.89. The van der Waals surface area contributed by atoms with Gasteiger partial charge < -0.3 is 20.6 Å². The maximum atomic E-state index is 10.5. The van der Waals surface area contributed by atoms with Gasteiger partial charge in [0.2, 0.25) is 0 Å². The summed E-state index contributed by atoms with van der Waals surface area (Å²) in [5, 5.41) is 31.2. The van der Waals surface area contributed by atoms with Crippen molar-refractivity contribution in [1.82, 2.24) is 5.32 Å². The molecule has 2 atom stereocenters. The first kappa shape index (κ1) is 15.6. The van der Waals surface area contributed by atoms with Crippen molar-refractivity contribution in [3.05, 3.63) is 35.4 Å². The zero-order valence-electron chi connectivity index (χ0n) is 11.0. The summed E-state index contributed by atoms with van der Waals surface area (Å²) in [7, 11) is 1.79. The van der Waals surface area contributed by atoms with Crippen LogP contribution in [0.15, 0.2) is 24.3 Å². The summed E-state index contributed by atoms with van der Waals surface area (Å²) in [6.07, 6.45) is -0.696. The fraction of sp³-hybridized carbons (Fsp3) is 0.500. The maximum Gasteiger partial charge on any atom is 0.303 e. The molecule has 0 aliphatic rings. The fourth-order valence-electron chi connectivity index (χ4n) is 1.80. The molecular formula is C14H21NO4. The lowest BCUT2D eigenvalue weighted by Gasteiger charge is -2.18. The molecule has 5 heteroatoms. The predicted molar refractivity (Wildman–Crippen MR) is 71.9 cm³/mol. The van der Waals surface area contributed by atoms with Gasteiger partial charge in [-0.1, -0.05) is 24.3 Å². The third-order valence-corrected chi connectivity index (χ3v) is 3.00. The van der Waals surface area contributed by atoms with E-state index >= 15 is 0 Å². The number of carboxylic acids is 1. The highest BCUT2D eigenvalue weighted by Gasteiger charge is 2.17. The van der Waals surface area contributed by atoms with Crippen molar-refractivity contribution >= 4 is 5.97 Å². The molecule has 0 spiro atoms. The van der Waals surface area contributed by atoms with Crippen LogP contribution in [-0.2, 0) is 11.2 Å². The molecule has 0 fully saturated rings. The Morgan fingerprint density at radius 1 is 1.26 bits per heavy atom. The second-order valence-corrected chi connectivity index (χ2v) is 4.54. The Morgan fingerprint density at radius 3 is 2.42 bits per heavy atom. The van der Waals surface area contributed by atoms with Gasteiger partial charge in [0, 0.05) is 6.42 Å². The van der Waals surface area contributed by atoms with Crippen LogP contribution in [0.1, 0.15) is 30.1 Å². The van der Waals surface area contributed by atoms with Crippen molar-refractivity contribution < 1.29 is 20.1 Å². The largest absolute Gasteiger partial charge is 0.481 e. The van der Waals surface area contributed by atoms with Gasteiger partial charge in [-0.25, -0.2) is 0 Å². The fourth-order valence-corrected chi connectivity index (χ4v) is 1.80. The topological polar surface area (TPSA) is 89.8 Å². The van der Waals surface area contributed by atoms with Crippen LogP contribution in [-0.4, -0.2) is 41.0 Å². The molecule has 0 amide bonds. The minimum atomic E-state index is -0.915. The summed E-state index contributed by atoms with van der Waals surface area (Å²) in [6.45, 7) is 0.634. The normalized spacial score (nSPS) is 14.1. The number of rotatable bonds is 8. The molecule has 2 unspecified atom stereocenters. The quantitative estimate of drug-likeness (QED) is 0.557. The third kappa shape index (κ3) is 5.38. The Kier molecular flexibility index (Phi) is 6.49. The summed E-state index contributed by atoms with van der Waals surface area (Å²) in [6, 6.07) is 7.02. The first-order valence-corrected chi connectivity index (χ1v) is 6.36. The first-order chi connectivity index (χ1) is 9.04. The number of aryl methyl sites for hydroxylation is 1. The van der Waals surface area contributed by atoms with Gasteiger partial charge in [-0.3, -0.25) is 4.79 Å². The summed E-state index contributed by atoms with van der Waals surface area (Å²) < 4.78 is 0. The summed E-state index contributed by atoms with van der Waals surface area (Å²) >= 11 is 0. The van der Waals surface area contributed by atoms with Gasteiger partial charge in [-0.2, -0.15) is 0 Å². The van der Waals surface area contributed by atoms with E-state index in [1.165, 1.54) is 0 Å². The molecule has 5 nitrogen and oxygen atoms in total. The molecule has 1 aromatic carbocycles. The molecule has 19 heavy (non-hydrogen) atoms. The minimum Gasteiger partial charge on any atom is -0.481 e. The standard InChI is InChI=1S/C14H21NO4/c1-15-9-8-12(16)14(19)11-5-2-10(3-6-11)4-7-13(17)18/h2-3,5-6,12,14-16,19H,4,7-9H2,1H3,(H,17,18). The van der Waals surface area contributed by atoms with Crippen molar-refractivity contribution in [1.29, 1.82) is 0 Å². The average molecular weight is 267 g/mol. The number of aliphatic hydroxyl groups is 2. The van der Waals surface area contributed by atoms with Gasteiger partial charge >= 0.3 is 5.97 Å². The molecule has 0 radical (unpaired) electrons. The van der Waals surface area contributed by atoms with E-state index in [1.807, 2.05) is 0 Å². The number of benzene rings is 1. The minimum absolute atomic E-state index is 0.0900. The highest BCUT2D eigenvalue weighted by molar-refractivity contribution is 5.67. The van der Waals surface area contributed by atoms with E-state index in [0.717, 1.165) is 5.56 Å². The Bertz CT molecular complexity index is 391. The summed E-state index contributed by atoms with van der Waals surface area (Å²) in [5.41, 5.74) is 1.55. The highest BCUT2D eigenvalue weighted by Crippen LogP contribution is 2.19. The highest BCUT2D eigenvalue weighted by atomic mass is 16.4. The van der Waals surface area contributed by atoms with Crippen LogP contribution in [0, 0.1) is 0 Å². The average Bonchev–Trinajstić information content (AvgIpc) is 2.42. The summed E-state index contributed by atoms with van der Waals surface area (Å²) in [4.78, 5) is 10.5. The Balaban J connectivity index is 2.57. The monoisotopic (exact) mass is 267 g/mol. The van der Waals surface area contributed by atoms with Crippen LogP contribution in [0.25, 0.3) is 0 Å². The molecule has 0 aliphatic carbocycles. The number of carbonyl (C=O) groups is 1. The Labute approximate surface area is 112 Å². The van der Waals surface area contributed by atoms with Crippen molar-refractivity contribution in [3.63, 3.8) is 0 Å². The lowest BCUT2D eigenvalue weighted by atomic mass is 9.99. The number of aliphatic hydroxyl groups excluding tert-OH is 2. The van der Waals surface area contributed by atoms with E-state index in [1.54, 1.807) is 31.3 Å². The summed E-state index contributed by atoms with van der Waals surface area (Å²) in [5.74, 6) is -0.827. The molecule has 0 saturated heterocycles. The van der Waals surface area contributed by atoms with Crippen LogP contribution in [0.5, 0.6) is 0 Å². The molecule has 0 bridgehead atoms. The smallest absolute Gasteiger partial charge is 0.303 e. The van der Waals surface area contributed by atoms with Gasteiger partial charge in [-0.15, -0.1) is 0 Å². The van der Waals surface area contributed by atoms with E-state index in [2.05, 4.69) is 5.32 Å². The second-order valence-electron chi connectivity index (χ2n) is 4.54. The SMILES string of the molecule is CNCCC(O)C(O)c1ccc(CCC(=O)O)cc1. The van der Waals surface area contributed by atoms with E-state index < -0.39 is 18.2 Å². The van der Waals surface area contributed by atoms with Crippen LogP contribution < -0.4 is 5.32 Å². The Hall–Kier alpha value is -1.43.